The zero-order chi connectivity index (χ0) is 13.2. The van der Waals surface area contributed by atoms with Gasteiger partial charge in [-0.05, 0) is 11.6 Å². The molecule has 0 atom stereocenters. The van der Waals surface area contributed by atoms with Crippen LogP contribution in [-0.2, 0) is 0 Å². The summed E-state index contributed by atoms with van der Waals surface area (Å²) >= 11 is 1.27. The lowest BCUT2D eigenvalue weighted by Crippen LogP contribution is -2.21. The summed E-state index contributed by atoms with van der Waals surface area (Å²) in [4.78, 5) is 32.1. The average Bonchev–Trinajstić information content (AvgIpc) is 2.81. The van der Waals surface area contributed by atoms with Gasteiger partial charge in [0.2, 0.25) is 0 Å². The molecule has 0 radical (unpaired) electrons. The van der Waals surface area contributed by atoms with Crippen molar-refractivity contribution in [1.29, 1.82) is 0 Å². The number of rotatable bonds is 2. The molecule has 0 fully saturated rings. The molecule has 0 aliphatic carbocycles. The first-order valence-electron chi connectivity index (χ1n) is 5.59. The number of H-pyrrole nitrogens is 2. The Bertz CT molecular complexity index is 859. The summed E-state index contributed by atoms with van der Waals surface area (Å²) in [6.45, 7) is 0. The van der Waals surface area contributed by atoms with Gasteiger partial charge in [0.05, 0.1) is 0 Å². The minimum Gasteiger partial charge on any atom is -0.297 e. The topological polar surface area (TPSA) is 78.6 Å². The number of thiazole rings is 1. The molecule has 0 spiro atoms. The van der Waals surface area contributed by atoms with Crippen LogP contribution in [0.5, 0.6) is 0 Å². The number of hydrogen-bond acceptors (Lipinski definition) is 4. The van der Waals surface area contributed by atoms with Crippen molar-refractivity contribution in [3.8, 4) is 0 Å². The predicted octanol–water partition coefficient (Wildman–Crippen LogP) is 1.84. The van der Waals surface area contributed by atoms with Crippen LogP contribution in [0.15, 0.2) is 39.9 Å². The largest absolute Gasteiger partial charge is 0.326 e. The van der Waals surface area contributed by atoms with E-state index < -0.39 is 11.2 Å². The normalized spacial score (nSPS) is 11.4. The van der Waals surface area contributed by atoms with Crippen molar-refractivity contribution >= 4 is 33.8 Å². The van der Waals surface area contributed by atoms with Gasteiger partial charge in [-0.15, -0.1) is 0 Å². The van der Waals surface area contributed by atoms with E-state index in [1.54, 1.807) is 0 Å². The molecule has 0 saturated heterocycles. The van der Waals surface area contributed by atoms with Gasteiger partial charge in [-0.25, -0.2) is 9.78 Å². The van der Waals surface area contributed by atoms with Gasteiger partial charge in [0, 0.05) is 0 Å². The summed E-state index contributed by atoms with van der Waals surface area (Å²) in [6, 6.07) is 9.77. The number of nitrogens with zero attached hydrogens (tertiary/aromatic N) is 1. The lowest BCUT2D eigenvalue weighted by Gasteiger charge is -1.89. The van der Waals surface area contributed by atoms with Gasteiger partial charge >= 0.3 is 5.69 Å². The van der Waals surface area contributed by atoms with Gasteiger partial charge in [0.15, 0.2) is 5.52 Å². The van der Waals surface area contributed by atoms with Crippen LogP contribution < -0.4 is 11.2 Å². The second kappa shape index (κ2) is 4.66. The molecule has 0 aliphatic heterocycles. The van der Waals surface area contributed by atoms with Crippen LogP contribution in [-0.4, -0.2) is 15.0 Å². The van der Waals surface area contributed by atoms with Crippen molar-refractivity contribution in [1.82, 2.24) is 15.0 Å². The van der Waals surface area contributed by atoms with Gasteiger partial charge < -0.3 is 0 Å². The first-order chi connectivity index (χ1) is 9.22. The van der Waals surface area contributed by atoms with Crippen LogP contribution in [0, 0.1) is 0 Å². The minimum absolute atomic E-state index is 0.261. The van der Waals surface area contributed by atoms with Gasteiger partial charge in [-0.1, -0.05) is 47.7 Å². The third kappa shape index (κ3) is 2.38. The number of benzene rings is 1. The third-order valence-electron chi connectivity index (χ3n) is 2.53. The number of hydrogen-bond donors (Lipinski definition) is 2. The fourth-order valence-electron chi connectivity index (χ4n) is 1.67. The summed E-state index contributed by atoms with van der Waals surface area (Å²) in [5.74, 6) is 0. The maximum Gasteiger partial charge on any atom is 0.326 e. The van der Waals surface area contributed by atoms with Crippen molar-refractivity contribution in [2.75, 3.05) is 0 Å². The summed E-state index contributed by atoms with van der Waals surface area (Å²) < 4.78 is 0. The van der Waals surface area contributed by atoms with E-state index in [9.17, 15) is 9.59 Å². The predicted molar refractivity (Wildman–Crippen MR) is 76.2 cm³/mol. The summed E-state index contributed by atoms with van der Waals surface area (Å²) in [5, 5.41) is 0.672. The van der Waals surface area contributed by atoms with Crippen LogP contribution in [0.2, 0.25) is 0 Å². The fraction of sp³-hybridized carbons (Fsp3) is 0. The molecular weight excluding hydrogens is 262 g/mol. The molecule has 1 aromatic carbocycles. The molecular formula is C13H9N3O2S. The average molecular weight is 271 g/mol. The summed E-state index contributed by atoms with van der Waals surface area (Å²) in [6.07, 6.45) is 3.72. The van der Waals surface area contributed by atoms with Crippen LogP contribution in [0.4, 0.5) is 0 Å². The highest BCUT2D eigenvalue weighted by Crippen LogP contribution is 2.18. The zero-order valence-electron chi connectivity index (χ0n) is 9.71. The maximum absolute atomic E-state index is 11.5. The number of aromatic amines is 2. The monoisotopic (exact) mass is 271 g/mol. The van der Waals surface area contributed by atoms with Gasteiger partial charge in [-0.3, -0.25) is 14.8 Å². The van der Waals surface area contributed by atoms with E-state index in [0.29, 0.717) is 9.84 Å². The molecule has 0 amide bonds. The molecule has 0 saturated carbocycles. The lowest BCUT2D eigenvalue weighted by molar-refractivity contribution is 1.08. The molecule has 0 aliphatic rings. The number of nitrogens with one attached hydrogen (secondary N) is 2. The molecule has 0 bridgehead atoms. The molecule has 2 aromatic heterocycles. The van der Waals surface area contributed by atoms with E-state index in [1.165, 1.54) is 11.3 Å². The standard InChI is InChI=1S/C13H9N3O2S/c17-11-10-12(16-13(18)15-11)19-9(14-10)7-6-8-4-2-1-3-5-8/h1-7H,(H2,15,16,17,18). The highest BCUT2D eigenvalue weighted by molar-refractivity contribution is 7.18. The smallest absolute Gasteiger partial charge is 0.297 e. The molecule has 6 heteroatoms. The molecule has 5 nitrogen and oxygen atoms in total. The Hall–Kier alpha value is -2.47. The summed E-state index contributed by atoms with van der Waals surface area (Å²) in [5.41, 5.74) is 0.329. The van der Waals surface area contributed by atoms with Crippen LogP contribution in [0.1, 0.15) is 10.6 Å². The molecule has 19 heavy (non-hydrogen) atoms. The fourth-order valence-corrected chi connectivity index (χ4v) is 2.54. The van der Waals surface area contributed by atoms with E-state index >= 15 is 0 Å². The van der Waals surface area contributed by atoms with Crippen LogP contribution in [0.25, 0.3) is 22.5 Å². The molecule has 2 N–H and O–H groups in total. The van der Waals surface area contributed by atoms with E-state index in [-0.39, 0.29) is 5.52 Å². The third-order valence-corrected chi connectivity index (χ3v) is 3.47. The van der Waals surface area contributed by atoms with Gasteiger partial charge in [0.25, 0.3) is 5.56 Å². The highest BCUT2D eigenvalue weighted by Gasteiger charge is 2.06. The Kier molecular flexibility index (Phi) is 2.85. The molecule has 0 unspecified atom stereocenters. The first-order valence-corrected chi connectivity index (χ1v) is 6.40. The lowest BCUT2D eigenvalue weighted by atomic mass is 10.2. The quantitative estimate of drug-likeness (QED) is 0.746. The summed E-state index contributed by atoms with van der Waals surface area (Å²) in [7, 11) is 0. The Morgan fingerprint density at radius 3 is 2.63 bits per heavy atom. The molecule has 2 heterocycles. The second-order valence-electron chi connectivity index (χ2n) is 3.88. The molecule has 3 aromatic rings. The Labute approximate surface area is 111 Å². The first kappa shape index (κ1) is 11.6. The van der Waals surface area contributed by atoms with Gasteiger partial charge in [-0.2, -0.15) is 0 Å². The Morgan fingerprint density at radius 2 is 1.84 bits per heavy atom. The van der Waals surface area contributed by atoms with Crippen molar-refractivity contribution in [2.24, 2.45) is 0 Å². The van der Waals surface area contributed by atoms with Crippen molar-refractivity contribution in [3.05, 3.63) is 61.7 Å². The van der Waals surface area contributed by atoms with Crippen molar-refractivity contribution in [3.63, 3.8) is 0 Å². The van der Waals surface area contributed by atoms with Crippen molar-refractivity contribution in [2.45, 2.75) is 0 Å². The Morgan fingerprint density at radius 1 is 1.05 bits per heavy atom. The highest BCUT2D eigenvalue weighted by atomic mass is 32.1. The van der Waals surface area contributed by atoms with Crippen LogP contribution in [0.3, 0.4) is 0 Å². The SMILES string of the molecule is O=c1[nH]c(=O)c2nc(C=Cc3ccccc3)sc2[nH]1. The van der Waals surface area contributed by atoms with Gasteiger partial charge in [0.1, 0.15) is 9.84 Å². The van der Waals surface area contributed by atoms with E-state index in [2.05, 4.69) is 15.0 Å². The minimum atomic E-state index is -0.514. The van der Waals surface area contributed by atoms with E-state index in [0.717, 1.165) is 5.56 Å². The van der Waals surface area contributed by atoms with E-state index in [4.69, 9.17) is 0 Å². The van der Waals surface area contributed by atoms with E-state index in [1.807, 2.05) is 42.5 Å². The van der Waals surface area contributed by atoms with Crippen molar-refractivity contribution < 1.29 is 0 Å². The molecule has 94 valence electrons. The second-order valence-corrected chi connectivity index (χ2v) is 4.91. The molecule has 3 rings (SSSR count). The number of fused-ring (bicyclic) bond motifs is 1. The van der Waals surface area contributed by atoms with Crippen LogP contribution >= 0.6 is 11.3 Å². The maximum atomic E-state index is 11.5. The Balaban J connectivity index is 2.03. The number of aromatic nitrogens is 3. The zero-order valence-corrected chi connectivity index (χ0v) is 10.5.